The molecule has 1 N–H and O–H groups in total. The van der Waals surface area contributed by atoms with Gasteiger partial charge >= 0.3 is 0 Å². The number of nitrogens with one attached hydrogen (secondary N) is 1. The van der Waals surface area contributed by atoms with Crippen molar-refractivity contribution in [2.75, 3.05) is 18.9 Å². The fourth-order valence-electron chi connectivity index (χ4n) is 3.42. The minimum Gasteiger partial charge on any atom is -0.372 e. The largest absolute Gasteiger partial charge is 0.372 e. The lowest BCUT2D eigenvalue weighted by Gasteiger charge is -2.25. The number of pyridine rings is 1. The number of carbonyl (C=O) groups is 1. The van der Waals surface area contributed by atoms with Gasteiger partial charge in [0.2, 0.25) is 0 Å². The molecule has 3 aromatic rings. The van der Waals surface area contributed by atoms with Crippen molar-refractivity contribution in [3.63, 3.8) is 0 Å². The van der Waals surface area contributed by atoms with E-state index in [-0.39, 0.29) is 11.9 Å². The van der Waals surface area contributed by atoms with Crippen LogP contribution in [0.4, 0.5) is 5.82 Å². The summed E-state index contributed by atoms with van der Waals surface area (Å²) in [5.74, 6) is 0.740. The number of fused-ring (bicyclic) bond motifs is 1. The maximum Gasteiger partial charge on any atom is 0.255 e. The molecular weight excluding hydrogens is 314 g/mol. The van der Waals surface area contributed by atoms with E-state index in [9.17, 15) is 4.79 Å². The molecule has 126 valence electrons. The van der Waals surface area contributed by atoms with Crippen LogP contribution in [0.25, 0.3) is 10.9 Å². The van der Waals surface area contributed by atoms with Crippen LogP contribution in [-0.2, 0) is 0 Å². The van der Waals surface area contributed by atoms with E-state index in [4.69, 9.17) is 0 Å². The smallest absolute Gasteiger partial charge is 0.255 e. The molecule has 6 heteroatoms. The minimum atomic E-state index is -0.0415. The van der Waals surface area contributed by atoms with E-state index in [1.807, 2.05) is 42.3 Å². The maximum atomic E-state index is 13.2. The third kappa shape index (κ3) is 2.80. The lowest BCUT2D eigenvalue weighted by Crippen LogP contribution is -2.31. The highest BCUT2D eigenvalue weighted by molar-refractivity contribution is 6.06. The van der Waals surface area contributed by atoms with Gasteiger partial charge in [0, 0.05) is 30.7 Å². The zero-order valence-electron chi connectivity index (χ0n) is 14.0. The predicted octanol–water partition coefficient (Wildman–Crippen LogP) is 3.04. The van der Waals surface area contributed by atoms with Crippen molar-refractivity contribution in [2.24, 2.45) is 0 Å². The molecule has 25 heavy (non-hydrogen) atoms. The molecule has 0 saturated carbocycles. The molecule has 1 amide bonds. The Balaban J connectivity index is 1.71. The second-order valence-electron chi connectivity index (χ2n) is 6.11. The monoisotopic (exact) mass is 333 g/mol. The molecular formula is C19H19N5O. The number of carbonyl (C=O) groups excluding carboxylic acids is 1. The van der Waals surface area contributed by atoms with Crippen LogP contribution in [0.3, 0.4) is 0 Å². The van der Waals surface area contributed by atoms with E-state index in [0.29, 0.717) is 11.4 Å². The van der Waals surface area contributed by atoms with Crippen molar-refractivity contribution in [1.29, 1.82) is 0 Å². The first-order valence-electron chi connectivity index (χ1n) is 8.42. The number of nitrogens with zero attached hydrogens (tertiary/aromatic N) is 4. The molecule has 1 aliphatic heterocycles. The van der Waals surface area contributed by atoms with Crippen LogP contribution in [0.15, 0.2) is 48.9 Å². The van der Waals surface area contributed by atoms with Crippen LogP contribution in [0.5, 0.6) is 0 Å². The van der Waals surface area contributed by atoms with Crippen molar-refractivity contribution < 1.29 is 4.79 Å². The first-order chi connectivity index (χ1) is 12.3. The summed E-state index contributed by atoms with van der Waals surface area (Å²) in [7, 11) is 1.81. The molecule has 6 nitrogen and oxygen atoms in total. The number of hydrogen-bond acceptors (Lipinski definition) is 5. The standard InChI is InChI=1S/C19H19N5O/c1-20-18-12-21-11-16(23-18)17-8-4-10-24(17)19(25)14-5-2-7-15-13(14)6-3-9-22-15/h2-3,5-7,9,11-12,17H,4,8,10H2,1H3,(H,20,23). The first kappa shape index (κ1) is 15.5. The van der Waals surface area contributed by atoms with Gasteiger partial charge < -0.3 is 10.2 Å². The van der Waals surface area contributed by atoms with Crippen molar-refractivity contribution in [3.8, 4) is 0 Å². The van der Waals surface area contributed by atoms with E-state index in [0.717, 1.165) is 36.0 Å². The maximum absolute atomic E-state index is 13.2. The SMILES string of the molecule is CNc1cncc(C2CCCN2C(=O)c2cccc3ncccc23)n1. The third-order valence-electron chi connectivity index (χ3n) is 4.64. The molecule has 0 radical (unpaired) electrons. The summed E-state index contributed by atoms with van der Waals surface area (Å²) in [5, 5.41) is 3.89. The normalized spacial score (nSPS) is 17.0. The average Bonchev–Trinajstić information content (AvgIpc) is 3.17. The number of benzene rings is 1. The van der Waals surface area contributed by atoms with Crippen molar-refractivity contribution in [3.05, 3.63) is 60.2 Å². The van der Waals surface area contributed by atoms with E-state index in [2.05, 4.69) is 20.3 Å². The molecule has 1 fully saturated rings. The lowest BCUT2D eigenvalue weighted by atomic mass is 10.1. The van der Waals surface area contributed by atoms with Gasteiger partial charge in [0.1, 0.15) is 5.82 Å². The van der Waals surface area contributed by atoms with Gasteiger partial charge in [-0.15, -0.1) is 0 Å². The molecule has 1 atom stereocenters. The molecule has 0 bridgehead atoms. The highest BCUT2D eigenvalue weighted by Crippen LogP contribution is 2.33. The number of aromatic nitrogens is 3. The first-order valence-corrected chi connectivity index (χ1v) is 8.42. The molecule has 0 aliphatic carbocycles. The summed E-state index contributed by atoms with van der Waals surface area (Å²) in [6.07, 6.45) is 7.04. The second-order valence-corrected chi connectivity index (χ2v) is 6.11. The Labute approximate surface area is 145 Å². The van der Waals surface area contributed by atoms with Gasteiger partial charge in [-0.3, -0.25) is 14.8 Å². The Morgan fingerprint density at radius 2 is 2.16 bits per heavy atom. The molecule has 0 spiro atoms. The Kier molecular flexibility index (Phi) is 4.01. The zero-order chi connectivity index (χ0) is 17.2. The number of likely N-dealkylation sites (tertiary alicyclic amines) is 1. The predicted molar refractivity (Wildman–Crippen MR) is 96.3 cm³/mol. The van der Waals surface area contributed by atoms with Gasteiger partial charge in [0.15, 0.2) is 0 Å². The summed E-state index contributed by atoms with van der Waals surface area (Å²) in [5.41, 5.74) is 2.35. The Bertz CT molecular complexity index is 921. The van der Waals surface area contributed by atoms with Gasteiger partial charge in [-0.25, -0.2) is 4.98 Å². The summed E-state index contributed by atoms with van der Waals surface area (Å²) in [4.78, 5) is 28.3. The van der Waals surface area contributed by atoms with Crippen LogP contribution in [-0.4, -0.2) is 39.4 Å². The highest BCUT2D eigenvalue weighted by atomic mass is 16.2. The van der Waals surface area contributed by atoms with Crippen LogP contribution >= 0.6 is 0 Å². The van der Waals surface area contributed by atoms with Crippen LogP contribution in [0.1, 0.15) is 34.9 Å². The molecule has 2 aromatic heterocycles. The zero-order valence-corrected chi connectivity index (χ0v) is 14.0. The lowest BCUT2D eigenvalue weighted by molar-refractivity contribution is 0.0735. The topological polar surface area (TPSA) is 71.0 Å². The number of rotatable bonds is 3. The van der Waals surface area contributed by atoms with E-state index in [1.54, 1.807) is 18.6 Å². The van der Waals surface area contributed by atoms with Crippen LogP contribution < -0.4 is 5.32 Å². The Hall–Kier alpha value is -3.02. The Morgan fingerprint density at radius 3 is 3.04 bits per heavy atom. The van der Waals surface area contributed by atoms with Gasteiger partial charge in [0.25, 0.3) is 5.91 Å². The van der Waals surface area contributed by atoms with Crippen molar-refractivity contribution in [1.82, 2.24) is 19.9 Å². The molecule has 1 aliphatic rings. The molecule has 1 unspecified atom stereocenters. The van der Waals surface area contributed by atoms with E-state index < -0.39 is 0 Å². The molecule has 3 heterocycles. The average molecular weight is 333 g/mol. The summed E-state index contributed by atoms with van der Waals surface area (Å²) in [6, 6.07) is 9.45. The quantitative estimate of drug-likeness (QED) is 0.798. The summed E-state index contributed by atoms with van der Waals surface area (Å²) < 4.78 is 0. The fraction of sp³-hybridized carbons (Fsp3) is 0.263. The molecule has 1 aromatic carbocycles. The van der Waals surface area contributed by atoms with Crippen LogP contribution in [0, 0.1) is 0 Å². The van der Waals surface area contributed by atoms with E-state index >= 15 is 0 Å². The number of amides is 1. The minimum absolute atomic E-state index is 0.0257. The highest BCUT2D eigenvalue weighted by Gasteiger charge is 2.32. The van der Waals surface area contributed by atoms with Gasteiger partial charge in [-0.05, 0) is 31.0 Å². The Morgan fingerprint density at radius 1 is 1.24 bits per heavy atom. The van der Waals surface area contributed by atoms with Gasteiger partial charge in [0.05, 0.1) is 29.6 Å². The second kappa shape index (κ2) is 6.47. The van der Waals surface area contributed by atoms with Gasteiger partial charge in [-0.1, -0.05) is 12.1 Å². The molecule has 1 saturated heterocycles. The fourth-order valence-corrected chi connectivity index (χ4v) is 3.42. The summed E-state index contributed by atoms with van der Waals surface area (Å²) >= 11 is 0. The molecule has 4 rings (SSSR count). The summed E-state index contributed by atoms with van der Waals surface area (Å²) in [6.45, 7) is 0.728. The van der Waals surface area contributed by atoms with E-state index in [1.165, 1.54) is 0 Å². The van der Waals surface area contributed by atoms with Crippen molar-refractivity contribution >= 4 is 22.6 Å². The third-order valence-corrected chi connectivity index (χ3v) is 4.64. The van der Waals surface area contributed by atoms with Crippen molar-refractivity contribution in [2.45, 2.75) is 18.9 Å². The van der Waals surface area contributed by atoms with Crippen LogP contribution in [0.2, 0.25) is 0 Å². The van der Waals surface area contributed by atoms with Gasteiger partial charge in [-0.2, -0.15) is 0 Å². The number of anilines is 1. The number of hydrogen-bond donors (Lipinski definition) is 1.